The molecule has 0 aliphatic rings. The second kappa shape index (κ2) is 6.15. The van der Waals surface area contributed by atoms with Crippen LogP contribution in [0.2, 0.25) is 5.02 Å². The fourth-order valence-electron chi connectivity index (χ4n) is 1.37. The van der Waals surface area contributed by atoms with Gasteiger partial charge in [-0.1, -0.05) is 65.3 Å². The number of thioether (sulfide) groups is 1. The Hall–Kier alpha value is -0.890. The average Bonchev–Trinajstić information content (AvgIpc) is 2.38. The van der Waals surface area contributed by atoms with E-state index in [0.29, 0.717) is 0 Å². The molecule has 86 valence electrons. The lowest BCUT2D eigenvalue weighted by Crippen LogP contribution is -1.79. The topological polar surface area (TPSA) is 0 Å². The van der Waals surface area contributed by atoms with E-state index in [1.54, 1.807) is 17.3 Å². The van der Waals surface area contributed by atoms with Crippen LogP contribution >= 0.6 is 35.0 Å². The maximum absolute atomic E-state index is 5.88. The summed E-state index contributed by atoms with van der Waals surface area (Å²) >= 11 is 13.4. The van der Waals surface area contributed by atoms with Crippen LogP contribution in [0.3, 0.4) is 0 Å². The summed E-state index contributed by atoms with van der Waals surface area (Å²) in [6, 6.07) is 17.8. The van der Waals surface area contributed by atoms with Gasteiger partial charge in [0.05, 0.1) is 0 Å². The van der Waals surface area contributed by atoms with Crippen molar-refractivity contribution in [1.82, 2.24) is 0 Å². The van der Waals surface area contributed by atoms with Gasteiger partial charge in [-0.25, -0.2) is 0 Å². The highest BCUT2D eigenvalue weighted by Crippen LogP contribution is 2.34. The molecule has 17 heavy (non-hydrogen) atoms. The third kappa shape index (κ3) is 3.53. The molecule has 0 aliphatic carbocycles. The summed E-state index contributed by atoms with van der Waals surface area (Å²) in [5, 5.41) is 0.729. The molecule has 0 radical (unpaired) electrons. The number of rotatable bonds is 3. The summed E-state index contributed by atoms with van der Waals surface area (Å²) in [5.41, 5.74) is 2.67. The highest BCUT2D eigenvalue weighted by atomic mass is 35.5. The molecule has 2 rings (SSSR count). The van der Waals surface area contributed by atoms with E-state index in [1.165, 1.54) is 0 Å². The van der Waals surface area contributed by atoms with E-state index < -0.39 is 0 Å². The van der Waals surface area contributed by atoms with E-state index in [9.17, 15) is 0 Å². The van der Waals surface area contributed by atoms with E-state index >= 15 is 0 Å². The monoisotopic (exact) mass is 280 g/mol. The molecular weight excluding hydrogens is 271 g/mol. The minimum atomic E-state index is 0.729. The third-order valence-electron chi connectivity index (χ3n) is 2.20. The Morgan fingerprint density at radius 2 is 1.59 bits per heavy atom. The Labute approximate surface area is 115 Å². The molecule has 0 aliphatic heterocycles. The molecule has 0 saturated heterocycles. The van der Waals surface area contributed by atoms with Gasteiger partial charge in [0.2, 0.25) is 0 Å². The van der Waals surface area contributed by atoms with Gasteiger partial charge >= 0.3 is 0 Å². The fraction of sp³-hybridized carbons (Fsp3) is 0. The van der Waals surface area contributed by atoms with Gasteiger partial charge in [0.15, 0.2) is 0 Å². The van der Waals surface area contributed by atoms with Crippen molar-refractivity contribution in [3.05, 3.63) is 70.7 Å². The Bertz CT molecular complexity index is 504. The van der Waals surface area contributed by atoms with Crippen molar-refractivity contribution in [3.8, 4) is 0 Å². The van der Waals surface area contributed by atoms with Crippen LogP contribution in [-0.2, 0) is 0 Å². The zero-order valence-corrected chi connectivity index (χ0v) is 11.3. The smallest absolute Gasteiger partial charge is 0.0406 e. The van der Waals surface area contributed by atoms with Crippen LogP contribution in [-0.4, -0.2) is 0 Å². The van der Waals surface area contributed by atoms with Crippen molar-refractivity contribution >= 4 is 39.9 Å². The molecule has 0 bridgehead atoms. The van der Waals surface area contributed by atoms with E-state index in [-0.39, 0.29) is 0 Å². The van der Waals surface area contributed by atoms with Crippen LogP contribution < -0.4 is 0 Å². The largest absolute Gasteiger partial charge is 0.0917 e. The molecule has 0 N–H and O–H groups in total. The van der Waals surface area contributed by atoms with Gasteiger partial charge in [0.1, 0.15) is 0 Å². The molecule has 0 unspecified atom stereocenters. The van der Waals surface area contributed by atoms with Crippen molar-refractivity contribution in [2.75, 3.05) is 0 Å². The zero-order valence-electron chi connectivity index (χ0n) is 8.94. The summed E-state index contributed by atoms with van der Waals surface area (Å²) in [6.45, 7) is 0. The lowest BCUT2D eigenvalue weighted by molar-refractivity contribution is 1.47. The van der Waals surface area contributed by atoms with Crippen LogP contribution in [0.5, 0.6) is 0 Å². The first-order valence-electron chi connectivity index (χ1n) is 5.09. The van der Waals surface area contributed by atoms with Crippen molar-refractivity contribution in [3.63, 3.8) is 0 Å². The minimum Gasteiger partial charge on any atom is -0.0917 e. The van der Waals surface area contributed by atoms with Crippen LogP contribution in [0.4, 0.5) is 0 Å². The normalized spacial score (nSPS) is 11.5. The van der Waals surface area contributed by atoms with Crippen LogP contribution in [0, 0.1) is 0 Å². The first-order chi connectivity index (χ1) is 8.29. The van der Waals surface area contributed by atoms with Crippen molar-refractivity contribution < 1.29 is 0 Å². The number of benzene rings is 2. The van der Waals surface area contributed by atoms with Crippen LogP contribution in [0.15, 0.2) is 65.0 Å². The highest BCUT2D eigenvalue weighted by Gasteiger charge is 2.03. The van der Waals surface area contributed by atoms with Gasteiger partial charge in [-0.3, -0.25) is 0 Å². The van der Waals surface area contributed by atoms with Crippen molar-refractivity contribution in [1.29, 1.82) is 0 Å². The molecule has 2 aromatic rings. The van der Waals surface area contributed by atoms with E-state index in [4.69, 9.17) is 23.2 Å². The third-order valence-corrected chi connectivity index (χ3v) is 3.88. The maximum atomic E-state index is 5.88. The van der Waals surface area contributed by atoms with Crippen LogP contribution in [0.1, 0.15) is 5.56 Å². The summed E-state index contributed by atoms with van der Waals surface area (Å²) in [7, 11) is 0. The average molecular weight is 281 g/mol. The van der Waals surface area contributed by atoms with Gasteiger partial charge in [-0.15, -0.1) is 0 Å². The van der Waals surface area contributed by atoms with Crippen molar-refractivity contribution in [2.24, 2.45) is 0 Å². The number of halogens is 2. The second-order valence-electron chi connectivity index (χ2n) is 3.40. The lowest BCUT2D eigenvalue weighted by Gasteiger charge is -2.06. The minimum absolute atomic E-state index is 0.729. The van der Waals surface area contributed by atoms with Crippen molar-refractivity contribution in [2.45, 2.75) is 4.90 Å². The molecule has 0 nitrogen and oxygen atoms in total. The summed E-state index contributed by atoms with van der Waals surface area (Å²) in [5.74, 6) is 0. The standard InChI is InChI=1S/C14H10Cl2S/c15-10-14(11-6-8-12(16)9-7-11)17-13-4-2-1-3-5-13/h1-10H/b14-10+. The Morgan fingerprint density at radius 3 is 2.18 bits per heavy atom. The molecular formula is C14H10Cl2S. The number of hydrogen-bond donors (Lipinski definition) is 0. The maximum Gasteiger partial charge on any atom is 0.0406 e. The molecule has 0 spiro atoms. The van der Waals surface area contributed by atoms with Gasteiger partial charge in [-0.2, -0.15) is 0 Å². The molecule has 0 aromatic heterocycles. The van der Waals surface area contributed by atoms with Crippen LogP contribution in [0.25, 0.3) is 4.91 Å². The SMILES string of the molecule is Cl/C=C(/Sc1ccccc1)c1ccc(Cl)cc1. The first kappa shape index (κ1) is 12.6. The second-order valence-corrected chi connectivity index (χ2v) is 5.17. The first-order valence-corrected chi connectivity index (χ1v) is 6.72. The van der Waals surface area contributed by atoms with E-state index in [0.717, 1.165) is 20.4 Å². The van der Waals surface area contributed by atoms with Gasteiger partial charge in [0.25, 0.3) is 0 Å². The molecule has 0 saturated carbocycles. The lowest BCUT2D eigenvalue weighted by atomic mass is 10.2. The van der Waals surface area contributed by atoms with E-state index in [1.807, 2.05) is 42.5 Å². The Morgan fingerprint density at radius 1 is 0.941 bits per heavy atom. The predicted molar refractivity (Wildman–Crippen MR) is 77.6 cm³/mol. The Kier molecular flexibility index (Phi) is 4.55. The van der Waals surface area contributed by atoms with E-state index in [2.05, 4.69) is 12.1 Å². The summed E-state index contributed by atoms with van der Waals surface area (Å²) < 4.78 is 0. The quantitative estimate of drug-likeness (QED) is 0.653. The molecule has 0 amide bonds. The van der Waals surface area contributed by atoms with Gasteiger partial charge in [0, 0.05) is 20.4 Å². The number of hydrogen-bond acceptors (Lipinski definition) is 1. The molecule has 3 heteroatoms. The van der Waals surface area contributed by atoms with Gasteiger partial charge < -0.3 is 0 Å². The molecule has 0 fully saturated rings. The predicted octanol–water partition coefficient (Wildman–Crippen LogP) is 5.67. The summed E-state index contributed by atoms with van der Waals surface area (Å²) in [6.07, 6.45) is 0. The Balaban J connectivity index is 2.21. The summed E-state index contributed by atoms with van der Waals surface area (Å²) in [4.78, 5) is 2.17. The zero-order chi connectivity index (χ0) is 12.1. The fourth-order valence-corrected chi connectivity index (χ4v) is 2.61. The molecule has 0 atom stereocenters. The highest BCUT2D eigenvalue weighted by molar-refractivity contribution is 8.08. The van der Waals surface area contributed by atoms with Gasteiger partial charge in [-0.05, 0) is 29.8 Å². The molecule has 0 heterocycles. The molecule has 2 aromatic carbocycles.